The van der Waals surface area contributed by atoms with E-state index in [2.05, 4.69) is 5.32 Å². The van der Waals surface area contributed by atoms with E-state index < -0.39 is 10.9 Å². The number of carbonyl (C=O) groups excluding carboxylic acids is 2. The number of nitro benzene ring substituents is 1. The van der Waals surface area contributed by atoms with Gasteiger partial charge in [-0.3, -0.25) is 14.9 Å². The molecule has 0 fully saturated rings. The molecule has 8 nitrogen and oxygen atoms in total. The quantitative estimate of drug-likeness (QED) is 0.334. The molecule has 132 valence electrons. The Morgan fingerprint density at radius 3 is 2.76 bits per heavy atom. The van der Waals surface area contributed by atoms with Gasteiger partial charge in [0.25, 0.3) is 5.91 Å². The molecule has 1 amide bonds. The number of amides is 1. The number of nitrogens with zero attached hydrogens (tertiary/aromatic N) is 1. The second-order valence-electron chi connectivity index (χ2n) is 4.87. The fraction of sp³-hybridized carbons (Fsp3) is 0.250. The highest BCUT2D eigenvalue weighted by Gasteiger charge is 2.18. The average Bonchev–Trinajstić information content (AvgIpc) is 3.15. The van der Waals surface area contributed by atoms with Crippen molar-refractivity contribution >= 4 is 28.9 Å². The summed E-state index contributed by atoms with van der Waals surface area (Å²) in [5.74, 6) is -0.778. The number of nitro groups is 1. The molecule has 0 saturated carbocycles. The predicted molar refractivity (Wildman–Crippen MR) is 91.2 cm³/mol. The van der Waals surface area contributed by atoms with Crippen molar-refractivity contribution in [3.8, 4) is 5.75 Å². The SMILES string of the molecule is COc1ccc(C(=O)OCCCNC(=O)c2cccs2)cc1[N+](=O)[O-]. The Labute approximate surface area is 147 Å². The molecule has 2 aromatic rings. The van der Waals surface area contributed by atoms with E-state index in [9.17, 15) is 19.7 Å². The lowest BCUT2D eigenvalue weighted by Crippen LogP contribution is -2.24. The summed E-state index contributed by atoms with van der Waals surface area (Å²) in [6.07, 6.45) is 0.432. The van der Waals surface area contributed by atoms with E-state index in [1.165, 1.54) is 30.6 Å². The largest absolute Gasteiger partial charge is 0.490 e. The zero-order chi connectivity index (χ0) is 18.2. The Balaban J connectivity index is 1.79. The average molecular weight is 364 g/mol. The van der Waals surface area contributed by atoms with E-state index >= 15 is 0 Å². The summed E-state index contributed by atoms with van der Waals surface area (Å²) in [7, 11) is 1.31. The van der Waals surface area contributed by atoms with Gasteiger partial charge in [-0.05, 0) is 30.0 Å². The maximum atomic E-state index is 11.9. The van der Waals surface area contributed by atoms with E-state index in [1.807, 2.05) is 5.38 Å². The van der Waals surface area contributed by atoms with Crippen molar-refractivity contribution in [1.82, 2.24) is 5.32 Å². The number of esters is 1. The van der Waals surface area contributed by atoms with Crippen LogP contribution in [-0.4, -0.2) is 37.1 Å². The second-order valence-corrected chi connectivity index (χ2v) is 5.81. The Morgan fingerprint density at radius 1 is 1.32 bits per heavy atom. The van der Waals surface area contributed by atoms with Crippen molar-refractivity contribution in [3.63, 3.8) is 0 Å². The fourth-order valence-electron chi connectivity index (χ4n) is 1.98. The van der Waals surface area contributed by atoms with Crippen LogP contribution < -0.4 is 10.1 Å². The minimum atomic E-state index is -0.671. The zero-order valence-corrected chi connectivity index (χ0v) is 14.2. The highest BCUT2D eigenvalue weighted by molar-refractivity contribution is 7.12. The molecule has 0 aliphatic carbocycles. The molecule has 0 saturated heterocycles. The van der Waals surface area contributed by atoms with Gasteiger partial charge in [0.1, 0.15) is 0 Å². The first kappa shape index (κ1) is 18.4. The van der Waals surface area contributed by atoms with Crippen LogP contribution in [0, 0.1) is 10.1 Å². The molecule has 9 heteroatoms. The lowest BCUT2D eigenvalue weighted by Gasteiger charge is -2.07. The van der Waals surface area contributed by atoms with Crippen molar-refractivity contribution in [2.24, 2.45) is 0 Å². The summed E-state index contributed by atoms with van der Waals surface area (Å²) < 4.78 is 9.93. The minimum Gasteiger partial charge on any atom is -0.490 e. The van der Waals surface area contributed by atoms with Crippen molar-refractivity contribution in [2.75, 3.05) is 20.3 Å². The monoisotopic (exact) mass is 364 g/mol. The van der Waals surface area contributed by atoms with Crippen LogP contribution >= 0.6 is 11.3 Å². The molecular weight excluding hydrogens is 348 g/mol. The summed E-state index contributed by atoms with van der Waals surface area (Å²) in [4.78, 5) is 34.6. The molecule has 0 aliphatic heterocycles. The smallest absolute Gasteiger partial charge is 0.338 e. The third-order valence-electron chi connectivity index (χ3n) is 3.20. The standard InChI is InChI=1S/C16H16N2O6S/c1-23-13-6-5-11(10-12(13)18(21)22)16(20)24-8-3-7-17-15(19)14-4-2-9-25-14/h2,4-6,9-10H,3,7-8H2,1H3,(H,17,19). The first-order valence-electron chi connectivity index (χ1n) is 7.34. The summed E-state index contributed by atoms with van der Waals surface area (Å²) in [5.41, 5.74) is -0.240. The van der Waals surface area contributed by atoms with Gasteiger partial charge in [-0.2, -0.15) is 0 Å². The number of rotatable bonds is 8. The van der Waals surface area contributed by atoms with Crippen LogP contribution in [0.4, 0.5) is 5.69 Å². The maximum absolute atomic E-state index is 11.9. The molecule has 25 heavy (non-hydrogen) atoms. The molecule has 0 spiro atoms. The van der Waals surface area contributed by atoms with E-state index in [0.717, 1.165) is 6.07 Å². The van der Waals surface area contributed by atoms with Gasteiger partial charge in [0.05, 0.1) is 29.1 Å². The molecule has 0 radical (unpaired) electrons. The number of ether oxygens (including phenoxy) is 2. The normalized spacial score (nSPS) is 10.1. The van der Waals surface area contributed by atoms with E-state index in [4.69, 9.17) is 9.47 Å². The van der Waals surface area contributed by atoms with Crippen LogP contribution in [0.5, 0.6) is 5.75 Å². The lowest BCUT2D eigenvalue weighted by atomic mass is 10.2. The van der Waals surface area contributed by atoms with Gasteiger partial charge < -0.3 is 14.8 Å². The van der Waals surface area contributed by atoms with Crippen LogP contribution in [-0.2, 0) is 4.74 Å². The van der Waals surface area contributed by atoms with Crippen LogP contribution in [0.3, 0.4) is 0 Å². The van der Waals surface area contributed by atoms with Crippen molar-refractivity contribution < 1.29 is 24.0 Å². The van der Waals surface area contributed by atoms with Crippen LogP contribution in [0.1, 0.15) is 26.5 Å². The molecule has 1 aromatic heterocycles. The number of methoxy groups -OCH3 is 1. The van der Waals surface area contributed by atoms with Crippen LogP contribution in [0.2, 0.25) is 0 Å². The van der Waals surface area contributed by atoms with Gasteiger partial charge in [0.15, 0.2) is 5.75 Å². The number of benzene rings is 1. The second kappa shape index (κ2) is 8.78. The number of hydrogen-bond acceptors (Lipinski definition) is 7. The zero-order valence-electron chi connectivity index (χ0n) is 13.4. The summed E-state index contributed by atoms with van der Waals surface area (Å²) >= 11 is 1.34. The molecule has 0 unspecified atom stereocenters. The van der Waals surface area contributed by atoms with Gasteiger partial charge >= 0.3 is 11.7 Å². The highest BCUT2D eigenvalue weighted by atomic mass is 32.1. The summed E-state index contributed by atoms with van der Waals surface area (Å²) in [6.45, 7) is 0.441. The fourth-order valence-corrected chi connectivity index (χ4v) is 2.62. The molecule has 1 aromatic carbocycles. The molecular formula is C16H16N2O6S. The summed E-state index contributed by atoms with van der Waals surface area (Å²) in [6, 6.07) is 7.36. The maximum Gasteiger partial charge on any atom is 0.338 e. The minimum absolute atomic E-state index is 0.0649. The first-order valence-corrected chi connectivity index (χ1v) is 8.22. The van der Waals surface area contributed by atoms with E-state index in [-0.39, 0.29) is 29.5 Å². The highest BCUT2D eigenvalue weighted by Crippen LogP contribution is 2.27. The van der Waals surface area contributed by atoms with E-state index in [0.29, 0.717) is 17.8 Å². The molecule has 1 heterocycles. The molecule has 0 bridgehead atoms. The van der Waals surface area contributed by atoms with Crippen LogP contribution in [0.15, 0.2) is 35.7 Å². The Bertz CT molecular complexity index is 760. The van der Waals surface area contributed by atoms with E-state index in [1.54, 1.807) is 12.1 Å². The Hall–Kier alpha value is -2.94. The molecule has 1 N–H and O–H groups in total. The molecule has 0 aliphatic rings. The van der Waals surface area contributed by atoms with Gasteiger partial charge in [-0.15, -0.1) is 11.3 Å². The molecule has 2 rings (SSSR count). The van der Waals surface area contributed by atoms with Crippen molar-refractivity contribution in [3.05, 3.63) is 56.3 Å². The third-order valence-corrected chi connectivity index (χ3v) is 4.06. The lowest BCUT2D eigenvalue weighted by molar-refractivity contribution is -0.385. The number of hydrogen-bond donors (Lipinski definition) is 1. The third kappa shape index (κ3) is 5.01. The first-order chi connectivity index (χ1) is 12.0. The summed E-state index contributed by atoms with van der Waals surface area (Å²) in [5, 5.41) is 15.5. The predicted octanol–water partition coefficient (Wildman–Crippen LogP) is 2.64. The topological polar surface area (TPSA) is 108 Å². The van der Waals surface area contributed by atoms with Gasteiger partial charge in [-0.25, -0.2) is 4.79 Å². The number of thiophene rings is 1. The van der Waals surface area contributed by atoms with Crippen LogP contribution in [0.25, 0.3) is 0 Å². The number of carbonyl (C=O) groups is 2. The van der Waals surface area contributed by atoms with Gasteiger partial charge in [0.2, 0.25) is 0 Å². The Kier molecular flexibility index (Phi) is 6.47. The Morgan fingerprint density at radius 2 is 2.12 bits per heavy atom. The molecule has 0 atom stereocenters. The van der Waals surface area contributed by atoms with Gasteiger partial charge in [-0.1, -0.05) is 6.07 Å². The van der Waals surface area contributed by atoms with Crippen molar-refractivity contribution in [1.29, 1.82) is 0 Å². The van der Waals surface area contributed by atoms with Crippen molar-refractivity contribution in [2.45, 2.75) is 6.42 Å². The van der Waals surface area contributed by atoms with Gasteiger partial charge in [0, 0.05) is 12.6 Å². The number of nitrogens with one attached hydrogen (secondary N) is 1.